The van der Waals surface area contributed by atoms with Crippen molar-refractivity contribution < 1.29 is 38.8 Å². The first kappa shape index (κ1) is 26.9. The van der Waals surface area contributed by atoms with Gasteiger partial charge in [0.05, 0.1) is 23.1 Å². The molecule has 13 heteroatoms. The molecular formula is C25H27N5O7S. The second-order valence-electron chi connectivity index (χ2n) is 9.92. The molecule has 2 aromatic heterocycles. The molecule has 0 radical (unpaired) electrons. The maximum absolute atomic E-state index is 13.4. The number of allylic oxidation sites excluding steroid dienone is 1. The zero-order valence-electron chi connectivity index (χ0n) is 21.0. The van der Waals surface area contributed by atoms with Gasteiger partial charge in [-0.05, 0) is 33.6 Å². The Balaban J connectivity index is 1.60. The van der Waals surface area contributed by atoms with Gasteiger partial charge in [-0.2, -0.15) is 0 Å². The number of aliphatic carboxylic acids is 2. The van der Waals surface area contributed by atoms with Crippen molar-refractivity contribution in [1.82, 2.24) is 9.88 Å². The molecule has 38 heavy (non-hydrogen) atoms. The number of Topliss-reactive ketones (excluding diaryl/α,β-unsaturated/α-hetero) is 1. The average Bonchev–Trinajstić information content (AvgIpc) is 3.29. The van der Waals surface area contributed by atoms with Gasteiger partial charge in [-0.3, -0.25) is 9.59 Å². The second-order valence-corrected chi connectivity index (χ2v) is 10.8. The number of rotatable bonds is 10. The van der Waals surface area contributed by atoms with Crippen molar-refractivity contribution in [2.45, 2.75) is 57.7 Å². The molecule has 1 fully saturated rings. The standard InChI is InChI=1S/C25H27N5O7S/c1-24(2,22(35)36)37-28-18(16-13-38-23(26)27-16)17(31)11-15-20(32)30-19(21(33)34)14(7-8-25(15,30)3)12-29-9-5-4-6-10-29/h4-6,9-10,13,15H,7-8,11-12H2,1-3H3,(H3-,26,27,33,34,35,36)/b28-18+/t15-,25-/m1/s1. The van der Waals surface area contributed by atoms with Crippen molar-refractivity contribution in [1.29, 1.82) is 0 Å². The number of ketones is 1. The maximum Gasteiger partial charge on any atom is 0.350 e. The Bertz CT molecular complexity index is 1370. The third kappa shape index (κ3) is 4.88. The minimum absolute atomic E-state index is 0.0913. The number of thiazole rings is 1. The molecule has 2 aliphatic rings. The van der Waals surface area contributed by atoms with Crippen LogP contribution in [0.1, 0.15) is 45.7 Å². The van der Waals surface area contributed by atoms with Gasteiger partial charge in [-0.25, -0.2) is 14.3 Å². The van der Waals surface area contributed by atoms with E-state index in [0.29, 0.717) is 18.4 Å². The molecule has 0 aromatic carbocycles. The van der Waals surface area contributed by atoms with Crippen LogP contribution in [0.15, 0.2) is 52.4 Å². The van der Waals surface area contributed by atoms with Gasteiger partial charge in [0.25, 0.3) is 0 Å². The van der Waals surface area contributed by atoms with E-state index < -0.39 is 40.7 Å². The van der Waals surface area contributed by atoms with Crippen LogP contribution in [0.5, 0.6) is 0 Å². The van der Waals surface area contributed by atoms with Gasteiger partial charge in [0.2, 0.25) is 11.5 Å². The predicted molar refractivity (Wildman–Crippen MR) is 132 cm³/mol. The highest BCUT2D eigenvalue weighted by molar-refractivity contribution is 7.13. The van der Waals surface area contributed by atoms with E-state index in [2.05, 4.69) is 10.1 Å². The average molecular weight is 542 g/mol. The van der Waals surface area contributed by atoms with Gasteiger partial charge in [-0.1, -0.05) is 11.2 Å². The number of carboxylic acid groups (broad SMARTS) is 2. The number of carboxylic acids is 2. The number of anilines is 1. The maximum atomic E-state index is 13.4. The Kier molecular flexibility index (Phi) is 7.06. The topological polar surface area (TPSA) is 179 Å². The van der Waals surface area contributed by atoms with Gasteiger partial charge in [0, 0.05) is 29.5 Å². The summed E-state index contributed by atoms with van der Waals surface area (Å²) >= 11 is 1.06. The summed E-state index contributed by atoms with van der Waals surface area (Å²) in [6, 6.07) is 5.48. The fraction of sp³-hybridized carbons (Fsp3) is 0.400. The van der Waals surface area contributed by atoms with Crippen molar-refractivity contribution >= 4 is 45.8 Å². The summed E-state index contributed by atoms with van der Waals surface area (Å²) in [5.41, 5.74) is 3.25. The number of nitrogens with two attached hydrogens (primary N) is 1. The zero-order chi connectivity index (χ0) is 27.8. The molecule has 200 valence electrons. The number of β-lactam (4-membered cyclic amide) rings is 1. The quantitative estimate of drug-likeness (QED) is 0.185. The van der Waals surface area contributed by atoms with Gasteiger partial charge in [0.15, 0.2) is 35.6 Å². The van der Waals surface area contributed by atoms with E-state index in [-0.39, 0.29) is 35.2 Å². The highest BCUT2D eigenvalue weighted by Gasteiger charge is 2.60. The summed E-state index contributed by atoms with van der Waals surface area (Å²) in [6.07, 6.45) is 4.13. The number of hydrogen-bond donors (Lipinski definition) is 2. The van der Waals surface area contributed by atoms with Crippen LogP contribution in [0.2, 0.25) is 0 Å². The van der Waals surface area contributed by atoms with E-state index in [4.69, 9.17) is 10.6 Å². The summed E-state index contributed by atoms with van der Waals surface area (Å²) in [5, 5.41) is 26.9. The number of hydrogen-bond acceptors (Lipinski definition) is 10. The molecule has 1 amide bonds. The van der Waals surface area contributed by atoms with E-state index in [1.165, 1.54) is 24.1 Å². The first-order valence-electron chi connectivity index (χ1n) is 11.8. The lowest BCUT2D eigenvalue weighted by Gasteiger charge is -2.59. The molecule has 2 aromatic rings. The minimum Gasteiger partial charge on any atom is -0.543 e. The molecule has 0 saturated carbocycles. The molecule has 0 bridgehead atoms. The van der Waals surface area contributed by atoms with Crippen molar-refractivity contribution in [2.24, 2.45) is 11.1 Å². The summed E-state index contributed by atoms with van der Waals surface area (Å²) in [6.45, 7) is 4.56. The Labute approximate surface area is 222 Å². The lowest BCUT2D eigenvalue weighted by atomic mass is 9.66. The van der Waals surface area contributed by atoms with Gasteiger partial charge >= 0.3 is 5.97 Å². The Morgan fingerprint density at radius 3 is 2.61 bits per heavy atom. The Hall–Kier alpha value is -4.13. The van der Waals surface area contributed by atoms with Crippen LogP contribution in [0.3, 0.4) is 0 Å². The summed E-state index contributed by atoms with van der Waals surface area (Å²) in [7, 11) is 0. The number of oxime groups is 1. The third-order valence-electron chi connectivity index (χ3n) is 6.91. The lowest BCUT2D eigenvalue weighted by Crippen LogP contribution is -2.72. The second kappa shape index (κ2) is 9.97. The van der Waals surface area contributed by atoms with Gasteiger partial charge in [-0.15, -0.1) is 11.3 Å². The number of nitrogen functional groups attached to an aromatic ring is 1. The molecule has 3 N–H and O–H groups in total. The van der Waals surface area contributed by atoms with Crippen LogP contribution in [0.25, 0.3) is 0 Å². The fourth-order valence-corrected chi connectivity index (χ4v) is 5.22. The molecule has 2 aliphatic heterocycles. The van der Waals surface area contributed by atoms with E-state index in [0.717, 1.165) is 11.3 Å². The highest BCUT2D eigenvalue weighted by Crippen LogP contribution is 2.50. The summed E-state index contributed by atoms with van der Waals surface area (Å²) in [5.74, 6) is -4.70. The van der Waals surface area contributed by atoms with Crippen molar-refractivity contribution in [3.8, 4) is 0 Å². The van der Waals surface area contributed by atoms with E-state index >= 15 is 0 Å². The largest absolute Gasteiger partial charge is 0.543 e. The van der Waals surface area contributed by atoms with Crippen LogP contribution in [0, 0.1) is 5.92 Å². The number of fused-ring (bicyclic) bond motifs is 1. The number of amides is 1. The number of pyridine rings is 1. The van der Waals surface area contributed by atoms with Crippen LogP contribution < -0.4 is 15.4 Å². The monoisotopic (exact) mass is 541 g/mol. The zero-order valence-corrected chi connectivity index (χ0v) is 21.9. The van der Waals surface area contributed by atoms with E-state index in [1.54, 1.807) is 19.3 Å². The molecule has 0 spiro atoms. The fourth-order valence-electron chi connectivity index (χ4n) is 4.67. The normalized spacial score (nSPS) is 21.6. The van der Waals surface area contributed by atoms with Crippen LogP contribution in [0.4, 0.5) is 5.13 Å². The molecule has 12 nitrogen and oxygen atoms in total. The van der Waals surface area contributed by atoms with Crippen molar-refractivity contribution in [3.63, 3.8) is 0 Å². The molecule has 2 atom stereocenters. The Morgan fingerprint density at radius 1 is 1.34 bits per heavy atom. The van der Waals surface area contributed by atoms with E-state index in [9.17, 15) is 29.4 Å². The van der Waals surface area contributed by atoms with Crippen LogP contribution in [-0.2, 0) is 30.6 Å². The first-order chi connectivity index (χ1) is 17.8. The van der Waals surface area contributed by atoms with Gasteiger partial charge in [0.1, 0.15) is 5.69 Å². The minimum atomic E-state index is -1.73. The van der Waals surface area contributed by atoms with Crippen molar-refractivity contribution in [3.05, 3.63) is 52.9 Å². The smallest absolute Gasteiger partial charge is 0.350 e. The van der Waals surface area contributed by atoms with Crippen molar-refractivity contribution in [2.75, 3.05) is 5.73 Å². The van der Waals surface area contributed by atoms with Crippen LogP contribution in [-0.4, -0.2) is 55.5 Å². The number of nitrogens with zero attached hydrogens (tertiary/aromatic N) is 4. The molecule has 4 heterocycles. The van der Waals surface area contributed by atoms with Crippen LogP contribution >= 0.6 is 11.3 Å². The molecule has 0 unspecified atom stereocenters. The lowest BCUT2D eigenvalue weighted by molar-refractivity contribution is -0.689. The highest BCUT2D eigenvalue weighted by atomic mass is 32.1. The molecular weight excluding hydrogens is 514 g/mol. The number of carbonyl (C=O) groups is 4. The summed E-state index contributed by atoms with van der Waals surface area (Å²) < 4.78 is 1.81. The Morgan fingerprint density at radius 2 is 2.03 bits per heavy atom. The SMILES string of the molecule is CC(C)(O/N=C(/C(=O)C[C@@H]1C(=O)N2C(C(=O)[O-])=C(C[n+]3ccccc3)CC[C@]12C)c1csc(N)n1)C(=O)O. The predicted octanol–water partition coefficient (Wildman–Crippen LogP) is 0.271. The third-order valence-corrected chi connectivity index (χ3v) is 7.59. The molecule has 0 aliphatic carbocycles. The molecule has 4 rings (SSSR count). The van der Waals surface area contributed by atoms with Gasteiger partial charge < -0.3 is 30.5 Å². The number of carbonyl (C=O) groups excluding carboxylic acids is 3. The van der Waals surface area contributed by atoms with E-state index in [1.807, 2.05) is 22.8 Å². The summed E-state index contributed by atoms with van der Waals surface area (Å²) in [4.78, 5) is 60.7. The molecule has 1 saturated heterocycles. The number of aromatic nitrogens is 2. The first-order valence-corrected chi connectivity index (χ1v) is 12.7.